The summed E-state index contributed by atoms with van der Waals surface area (Å²) in [6.07, 6.45) is 0. The van der Waals surface area contributed by atoms with E-state index in [4.69, 9.17) is 18.9 Å². The Morgan fingerprint density at radius 1 is 0.848 bits per heavy atom. The fraction of sp³-hybridized carbons (Fsp3) is 0.273. The van der Waals surface area contributed by atoms with Crippen molar-refractivity contribution in [1.29, 1.82) is 0 Å². The third kappa shape index (κ3) is 5.32. The van der Waals surface area contributed by atoms with Gasteiger partial charge in [0.05, 0.1) is 45.5 Å². The number of nitrogens with one attached hydrogen (secondary N) is 2. The van der Waals surface area contributed by atoms with Crippen molar-refractivity contribution in [3.63, 3.8) is 0 Å². The molecule has 0 aliphatic rings. The molecule has 3 rings (SSSR count). The van der Waals surface area contributed by atoms with E-state index >= 15 is 0 Å². The Hall–Kier alpha value is -4.28. The van der Waals surface area contributed by atoms with Gasteiger partial charge in [-0.25, -0.2) is 4.68 Å². The Bertz CT molecular complexity index is 1160. The van der Waals surface area contributed by atoms with Crippen molar-refractivity contribution >= 4 is 23.2 Å². The predicted molar refractivity (Wildman–Crippen MR) is 120 cm³/mol. The molecule has 0 fully saturated rings. The highest BCUT2D eigenvalue weighted by atomic mass is 16.5. The van der Waals surface area contributed by atoms with Crippen LogP contribution in [0.4, 0.5) is 11.4 Å². The first-order valence-electron chi connectivity index (χ1n) is 9.85. The van der Waals surface area contributed by atoms with Crippen LogP contribution < -0.4 is 29.6 Å². The summed E-state index contributed by atoms with van der Waals surface area (Å²) in [4.78, 5) is 25.3. The second-order valence-electron chi connectivity index (χ2n) is 6.82. The van der Waals surface area contributed by atoms with Gasteiger partial charge in [0.2, 0.25) is 5.91 Å². The van der Waals surface area contributed by atoms with Gasteiger partial charge in [0.15, 0.2) is 5.69 Å². The molecule has 0 unspecified atom stereocenters. The summed E-state index contributed by atoms with van der Waals surface area (Å²) in [6, 6.07) is 10.1. The molecule has 0 saturated carbocycles. The Kier molecular flexibility index (Phi) is 7.34. The molecule has 33 heavy (non-hydrogen) atoms. The maximum absolute atomic E-state index is 12.8. The summed E-state index contributed by atoms with van der Waals surface area (Å²) >= 11 is 0. The van der Waals surface area contributed by atoms with Gasteiger partial charge in [-0.2, -0.15) is 0 Å². The zero-order chi connectivity index (χ0) is 24.0. The van der Waals surface area contributed by atoms with Crippen LogP contribution >= 0.6 is 0 Å². The van der Waals surface area contributed by atoms with Crippen LogP contribution in [0.15, 0.2) is 36.4 Å². The number of aromatic nitrogens is 3. The van der Waals surface area contributed by atoms with Gasteiger partial charge >= 0.3 is 0 Å². The maximum atomic E-state index is 12.8. The summed E-state index contributed by atoms with van der Waals surface area (Å²) in [6.45, 7) is 1.50. The van der Waals surface area contributed by atoms with Gasteiger partial charge in [0.25, 0.3) is 5.91 Å². The number of methoxy groups -OCH3 is 4. The van der Waals surface area contributed by atoms with Crippen LogP contribution in [0.2, 0.25) is 0 Å². The average molecular weight is 455 g/mol. The van der Waals surface area contributed by atoms with Crippen molar-refractivity contribution in [3.05, 3.63) is 47.8 Å². The number of carbonyl (C=O) groups excluding carboxylic acids is 2. The number of hydrogen-bond acceptors (Lipinski definition) is 8. The van der Waals surface area contributed by atoms with E-state index in [0.717, 1.165) is 0 Å². The molecular weight excluding hydrogens is 430 g/mol. The Balaban J connectivity index is 1.72. The molecule has 11 nitrogen and oxygen atoms in total. The van der Waals surface area contributed by atoms with E-state index in [1.165, 1.54) is 26.0 Å². The van der Waals surface area contributed by atoms with E-state index in [-0.39, 0.29) is 18.1 Å². The molecule has 3 aromatic rings. The first kappa shape index (κ1) is 23.4. The predicted octanol–water partition coefficient (Wildman–Crippen LogP) is 2.51. The number of ether oxygens (including phenoxy) is 4. The number of anilines is 2. The lowest BCUT2D eigenvalue weighted by atomic mass is 10.2. The summed E-state index contributed by atoms with van der Waals surface area (Å²) in [7, 11) is 6.05. The largest absolute Gasteiger partial charge is 0.497 e. The zero-order valence-corrected chi connectivity index (χ0v) is 19.0. The minimum absolute atomic E-state index is 0.0784. The van der Waals surface area contributed by atoms with Gasteiger partial charge in [-0.3, -0.25) is 9.59 Å². The Morgan fingerprint density at radius 2 is 1.52 bits per heavy atom. The fourth-order valence-corrected chi connectivity index (χ4v) is 3.04. The Labute approximate surface area is 190 Å². The molecule has 0 aliphatic heterocycles. The van der Waals surface area contributed by atoms with Crippen molar-refractivity contribution < 1.29 is 28.5 Å². The molecule has 0 saturated heterocycles. The molecule has 174 valence electrons. The number of nitrogens with zero attached hydrogens (tertiary/aromatic N) is 3. The minimum atomic E-state index is -0.498. The third-order valence-corrected chi connectivity index (χ3v) is 4.83. The topological polar surface area (TPSA) is 126 Å². The van der Waals surface area contributed by atoms with Gasteiger partial charge in [-0.05, 0) is 31.2 Å². The number of rotatable bonds is 9. The SMILES string of the molecule is COc1ccc(OC)c(NC(=O)c2nnn(CC(=O)Nc3ccc(OC)cc3OC)c2C)c1. The van der Waals surface area contributed by atoms with Gasteiger partial charge in [0, 0.05) is 12.1 Å². The Morgan fingerprint density at radius 3 is 2.18 bits per heavy atom. The molecular formula is C22H25N5O6. The van der Waals surface area contributed by atoms with E-state index < -0.39 is 5.91 Å². The number of benzene rings is 2. The van der Waals surface area contributed by atoms with Gasteiger partial charge in [0.1, 0.15) is 29.5 Å². The fourth-order valence-electron chi connectivity index (χ4n) is 3.04. The highest BCUT2D eigenvalue weighted by Gasteiger charge is 2.20. The summed E-state index contributed by atoms with van der Waals surface area (Å²) in [5.74, 6) is 1.19. The number of hydrogen-bond donors (Lipinski definition) is 2. The normalized spacial score (nSPS) is 10.3. The van der Waals surface area contributed by atoms with Crippen LogP contribution in [0, 0.1) is 6.92 Å². The molecule has 2 aromatic carbocycles. The summed E-state index contributed by atoms with van der Waals surface area (Å²) in [5, 5.41) is 13.4. The van der Waals surface area contributed by atoms with Gasteiger partial charge in [-0.1, -0.05) is 5.21 Å². The lowest BCUT2D eigenvalue weighted by Gasteiger charge is -2.12. The molecule has 1 heterocycles. The van der Waals surface area contributed by atoms with E-state index in [1.54, 1.807) is 50.4 Å². The maximum Gasteiger partial charge on any atom is 0.278 e. The molecule has 0 radical (unpaired) electrons. The van der Waals surface area contributed by atoms with Crippen LogP contribution in [0.5, 0.6) is 23.0 Å². The lowest BCUT2D eigenvalue weighted by Crippen LogP contribution is -2.21. The van der Waals surface area contributed by atoms with Crippen molar-refractivity contribution in [1.82, 2.24) is 15.0 Å². The summed E-state index contributed by atoms with van der Waals surface area (Å²) in [5.41, 5.74) is 1.39. The molecule has 0 aliphatic carbocycles. The second-order valence-corrected chi connectivity index (χ2v) is 6.82. The molecule has 11 heteroatoms. The van der Waals surface area contributed by atoms with Crippen LogP contribution in [-0.2, 0) is 11.3 Å². The summed E-state index contributed by atoms with van der Waals surface area (Å²) < 4.78 is 22.2. The van der Waals surface area contributed by atoms with Crippen molar-refractivity contribution in [2.24, 2.45) is 0 Å². The standard InChI is InChI=1S/C22H25N5O6/c1-13-21(22(29)24-17-10-14(30-2)7-9-18(17)32-4)25-26-27(13)12-20(28)23-16-8-6-15(31-3)11-19(16)33-5/h6-11H,12H2,1-5H3,(H,23,28)(H,24,29). The average Bonchev–Trinajstić information content (AvgIpc) is 3.18. The molecule has 0 spiro atoms. The van der Waals surface area contributed by atoms with Gasteiger partial charge < -0.3 is 29.6 Å². The molecule has 0 atom stereocenters. The van der Waals surface area contributed by atoms with Gasteiger partial charge in [-0.15, -0.1) is 5.10 Å². The molecule has 2 amide bonds. The lowest BCUT2D eigenvalue weighted by molar-refractivity contribution is -0.117. The molecule has 1 aromatic heterocycles. The molecule has 0 bridgehead atoms. The van der Waals surface area contributed by atoms with Crippen LogP contribution in [0.1, 0.15) is 16.2 Å². The second kappa shape index (κ2) is 10.4. The van der Waals surface area contributed by atoms with Crippen LogP contribution in [0.25, 0.3) is 0 Å². The number of carbonyl (C=O) groups is 2. The van der Waals surface area contributed by atoms with Crippen molar-refractivity contribution in [2.75, 3.05) is 39.1 Å². The monoisotopic (exact) mass is 455 g/mol. The van der Waals surface area contributed by atoms with Crippen molar-refractivity contribution in [2.45, 2.75) is 13.5 Å². The van der Waals surface area contributed by atoms with E-state index in [9.17, 15) is 9.59 Å². The number of amides is 2. The molecule has 2 N–H and O–H groups in total. The van der Waals surface area contributed by atoms with Crippen LogP contribution in [0.3, 0.4) is 0 Å². The van der Waals surface area contributed by atoms with E-state index in [1.807, 2.05) is 0 Å². The first-order valence-corrected chi connectivity index (χ1v) is 9.85. The quantitative estimate of drug-likeness (QED) is 0.504. The van der Waals surface area contributed by atoms with E-state index in [0.29, 0.717) is 40.1 Å². The van der Waals surface area contributed by atoms with Crippen LogP contribution in [-0.4, -0.2) is 55.2 Å². The smallest absolute Gasteiger partial charge is 0.278 e. The van der Waals surface area contributed by atoms with E-state index in [2.05, 4.69) is 20.9 Å². The highest BCUT2D eigenvalue weighted by molar-refractivity contribution is 6.04. The van der Waals surface area contributed by atoms with Crippen molar-refractivity contribution in [3.8, 4) is 23.0 Å². The third-order valence-electron chi connectivity index (χ3n) is 4.83. The first-order chi connectivity index (χ1) is 15.9. The minimum Gasteiger partial charge on any atom is -0.497 e. The zero-order valence-electron chi connectivity index (χ0n) is 19.0. The highest BCUT2D eigenvalue weighted by Crippen LogP contribution is 2.30.